The molecule has 0 aliphatic heterocycles. The van der Waals surface area contributed by atoms with Gasteiger partial charge in [0.25, 0.3) is 5.91 Å². The molecular formula is C19H16F3N3O2. The summed E-state index contributed by atoms with van der Waals surface area (Å²) in [5.74, 6) is -0.303. The van der Waals surface area contributed by atoms with Crippen LogP contribution in [0.5, 0.6) is 5.75 Å². The number of nitrogens with one attached hydrogen (secondary N) is 1. The maximum atomic E-state index is 13.3. The molecule has 1 heterocycles. The van der Waals surface area contributed by atoms with Crippen LogP contribution >= 0.6 is 0 Å². The van der Waals surface area contributed by atoms with Crippen molar-refractivity contribution in [3.8, 4) is 5.75 Å². The monoisotopic (exact) mass is 375 g/mol. The molecule has 0 saturated heterocycles. The number of hydrogen-bond donors (Lipinski definition) is 1. The van der Waals surface area contributed by atoms with Gasteiger partial charge in [-0.2, -0.15) is 8.78 Å². The number of alkyl halides is 2. The van der Waals surface area contributed by atoms with Crippen LogP contribution in [0.2, 0.25) is 0 Å². The molecule has 0 bridgehead atoms. The van der Waals surface area contributed by atoms with Gasteiger partial charge in [0, 0.05) is 25.0 Å². The molecule has 0 fully saturated rings. The lowest BCUT2D eigenvalue weighted by Crippen LogP contribution is -2.31. The first-order chi connectivity index (χ1) is 12.9. The largest absolute Gasteiger partial charge is 0.435 e. The zero-order valence-electron chi connectivity index (χ0n) is 14.3. The van der Waals surface area contributed by atoms with Crippen molar-refractivity contribution in [2.24, 2.45) is 7.05 Å². The third-order valence-corrected chi connectivity index (χ3v) is 3.94. The van der Waals surface area contributed by atoms with Crippen molar-refractivity contribution in [3.05, 3.63) is 83.7 Å². The first-order valence-electron chi connectivity index (χ1n) is 8.02. The maximum absolute atomic E-state index is 13.3. The summed E-state index contributed by atoms with van der Waals surface area (Å²) in [6, 6.07) is 10.4. The van der Waals surface area contributed by atoms with Gasteiger partial charge < -0.3 is 14.6 Å². The summed E-state index contributed by atoms with van der Waals surface area (Å²) >= 11 is 0. The number of amides is 1. The van der Waals surface area contributed by atoms with Crippen LogP contribution in [0.4, 0.5) is 13.2 Å². The first kappa shape index (κ1) is 18.5. The molecular weight excluding hydrogens is 359 g/mol. The van der Waals surface area contributed by atoms with Gasteiger partial charge in [-0.1, -0.05) is 12.1 Å². The Morgan fingerprint density at radius 1 is 1.11 bits per heavy atom. The first-order valence-corrected chi connectivity index (χ1v) is 8.02. The Balaban J connectivity index is 1.84. The number of aromatic nitrogens is 2. The lowest BCUT2D eigenvalue weighted by atomic mass is 10.1. The molecule has 1 amide bonds. The fraction of sp³-hybridized carbons (Fsp3) is 0.158. The molecule has 0 unspecified atom stereocenters. The van der Waals surface area contributed by atoms with Gasteiger partial charge in [0.2, 0.25) is 0 Å². The third kappa shape index (κ3) is 4.46. The van der Waals surface area contributed by atoms with E-state index in [0.29, 0.717) is 11.4 Å². The topological polar surface area (TPSA) is 56.2 Å². The predicted molar refractivity (Wildman–Crippen MR) is 92.0 cm³/mol. The van der Waals surface area contributed by atoms with Crippen molar-refractivity contribution in [2.75, 3.05) is 0 Å². The van der Waals surface area contributed by atoms with Gasteiger partial charge in [-0.05, 0) is 42.0 Å². The summed E-state index contributed by atoms with van der Waals surface area (Å²) in [6.45, 7) is -2.93. The predicted octanol–water partition coefficient (Wildman–Crippen LogP) is 3.68. The number of nitrogens with zero attached hydrogens (tertiary/aromatic N) is 2. The lowest BCUT2D eigenvalue weighted by molar-refractivity contribution is -0.0498. The van der Waals surface area contributed by atoms with Gasteiger partial charge in [0.15, 0.2) is 0 Å². The van der Waals surface area contributed by atoms with Gasteiger partial charge in [0.1, 0.15) is 23.4 Å². The van der Waals surface area contributed by atoms with Crippen LogP contribution in [0.3, 0.4) is 0 Å². The number of aryl methyl sites for hydroxylation is 1. The molecule has 5 nitrogen and oxygen atoms in total. The number of carbonyl (C=O) groups excluding carboxylic acids is 1. The van der Waals surface area contributed by atoms with E-state index in [2.05, 4.69) is 15.0 Å². The molecule has 0 spiro atoms. The molecule has 3 aromatic rings. The minimum atomic E-state index is -2.93. The standard InChI is InChI=1S/C19H16F3N3O2/c1-25-11-10-23-17(25)16(12-2-6-14(20)7-3-12)24-18(26)13-4-8-15(9-5-13)27-19(21)22/h2-11,16,19H,1H3,(H,24,26)/t16-/m0/s1. The molecule has 27 heavy (non-hydrogen) atoms. The molecule has 140 valence electrons. The molecule has 1 aromatic heterocycles. The molecule has 3 rings (SSSR count). The van der Waals surface area contributed by atoms with Crippen LogP contribution in [0.1, 0.15) is 27.8 Å². The van der Waals surface area contributed by atoms with E-state index in [4.69, 9.17) is 0 Å². The normalized spacial score (nSPS) is 12.0. The smallest absolute Gasteiger partial charge is 0.387 e. The molecule has 1 N–H and O–H groups in total. The zero-order chi connectivity index (χ0) is 19.4. The van der Waals surface area contributed by atoms with Gasteiger partial charge in [0.05, 0.1) is 0 Å². The van der Waals surface area contributed by atoms with E-state index in [9.17, 15) is 18.0 Å². The highest BCUT2D eigenvalue weighted by Crippen LogP contribution is 2.22. The highest BCUT2D eigenvalue weighted by atomic mass is 19.3. The Morgan fingerprint density at radius 2 is 1.78 bits per heavy atom. The van der Waals surface area contributed by atoms with E-state index in [0.717, 1.165) is 0 Å². The van der Waals surface area contributed by atoms with Crippen molar-refractivity contribution in [3.63, 3.8) is 0 Å². The van der Waals surface area contributed by atoms with Crippen molar-refractivity contribution < 1.29 is 22.7 Å². The lowest BCUT2D eigenvalue weighted by Gasteiger charge is -2.19. The van der Waals surface area contributed by atoms with Crippen LogP contribution in [0, 0.1) is 5.82 Å². The molecule has 2 aromatic carbocycles. The summed E-state index contributed by atoms with van der Waals surface area (Å²) in [6.07, 6.45) is 3.32. The van der Waals surface area contributed by atoms with Crippen molar-refractivity contribution in [1.29, 1.82) is 0 Å². The number of rotatable bonds is 6. The Bertz CT molecular complexity index is 909. The van der Waals surface area contributed by atoms with Crippen molar-refractivity contribution in [2.45, 2.75) is 12.7 Å². The summed E-state index contributed by atoms with van der Waals surface area (Å²) in [5.41, 5.74) is 0.912. The zero-order valence-corrected chi connectivity index (χ0v) is 14.3. The number of halogens is 3. The van der Waals surface area contributed by atoms with E-state index in [1.54, 1.807) is 36.1 Å². The molecule has 1 atom stereocenters. The van der Waals surface area contributed by atoms with E-state index < -0.39 is 24.4 Å². The van der Waals surface area contributed by atoms with Crippen LogP contribution in [-0.2, 0) is 7.05 Å². The van der Waals surface area contributed by atoms with Crippen LogP contribution in [0.25, 0.3) is 0 Å². The number of ether oxygens (including phenoxy) is 1. The molecule has 0 radical (unpaired) electrons. The number of benzene rings is 2. The summed E-state index contributed by atoms with van der Waals surface area (Å²) in [7, 11) is 1.78. The highest BCUT2D eigenvalue weighted by molar-refractivity contribution is 5.94. The van der Waals surface area contributed by atoms with Gasteiger partial charge in [-0.3, -0.25) is 4.79 Å². The van der Waals surface area contributed by atoms with E-state index in [-0.39, 0.29) is 11.3 Å². The maximum Gasteiger partial charge on any atom is 0.387 e. The summed E-state index contributed by atoms with van der Waals surface area (Å²) < 4.78 is 43.7. The van der Waals surface area contributed by atoms with E-state index in [1.165, 1.54) is 36.4 Å². The molecule has 0 aliphatic rings. The fourth-order valence-corrected chi connectivity index (χ4v) is 2.61. The third-order valence-electron chi connectivity index (χ3n) is 3.94. The van der Waals surface area contributed by atoms with Crippen LogP contribution in [-0.4, -0.2) is 22.1 Å². The quantitative estimate of drug-likeness (QED) is 0.715. The average molecular weight is 375 g/mol. The molecule has 0 aliphatic carbocycles. The van der Waals surface area contributed by atoms with Gasteiger partial charge in [-0.25, -0.2) is 9.37 Å². The second-order valence-corrected chi connectivity index (χ2v) is 5.76. The highest BCUT2D eigenvalue weighted by Gasteiger charge is 2.21. The van der Waals surface area contributed by atoms with Gasteiger partial charge in [-0.15, -0.1) is 0 Å². The average Bonchev–Trinajstić information content (AvgIpc) is 3.06. The summed E-state index contributed by atoms with van der Waals surface area (Å²) in [4.78, 5) is 16.9. The van der Waals surface area contributed by atoms with Crippen molar-refractivity contribution in [1.82, 2.24) is 14.9 Å². The number of imidazole rings is 1. The molecule has 8 heteroatoms. The van der Waals surface area contributed by atoms with E-state index in [1.807, 2.05) is 0 Å². The number of carbonyl (C=O) groups is 1. The van der Waals surface area contributed by atoms with Crippen molar-refractivity contribution >= 4 is 5.91 Å². The van der Waals surface area contributed by atoms with Crippen LogP contribution in [0.15, 0.2) is 60.9 Å². The second-order valence-electron chi connectivity index (χ2n) is 5.76. The number of hydrogen-bond acceptors (Lipinski definition) is 3. The Morgan fingerprint density at radius 3 is 2.33 bits per heavy atom. The fourth-order valence-electron chi connectivity index (χ4n) is 2.61. The summed E-state index contributed by atoms with van der Waals surface area (Å²) in [5, 5.41) is 2.84. The van der Waals surface area contributed by atoms with Crippen LogP contribution < -0.4 is 10.1 Å². The Hall–Kier alpha value is -3.29. The van der Waals surface area contributed by atoms with Gasteiger partial charge >= 0.3 is 6.61 Å². The minimum Gasteiger partial charge on any atom is -0.435 e. The SMILES string of the molecule is Cn1ccnc1[C@@H](NC(=O)c1ccc(OC(F)F)cc1)c1ccc(F)cc1. The van der Waals surface area contributed by atoms with E-state index >= 15 is 0 Å². The Labute approximate surface area is 153 Å². The minimum absolute atomic E-state index is 0.0410. The molecule has 0 saturated carbocycles. The second kappa shape index (κ2) is 7.94. The Kier molecular flexibility index (Phi) is 5.44.